The topological polar surface area (TPSA) is 63.4 Å². The predicted molar refractivity (Wildman–Crippen MR) is 99.9 cm³/mol. The third kappa shape index (κ3) is 2.73. The summed E-state index contributed by atoms with van der Waals surface area (Å²) in [5.41, 5.74) is 4.33. The Bertz CT molecular complexity index is 949. The van der Waals surface area contributed by atoms with Crippen LogP contribution in [0.2, 0.25) is 0 Å². The molecule has 1 heterocycles. The highest BCUT2D eigenvalue weighted by atomic mass is 16.6. The van der Waals surface area contributed by atoms with Crippen LogP contribution in [0.15, 0.2) is 72.8 Å². The second-order valence-electron chi connectivity index (χ2n) is 6.20. The Balaban J connectivity index is 1.84. The largest absolute Gasteiger partial charge is 0.276 e. The number of non-ortho nitro benzene ring substituents is 1. The van der Waals surface area contributed by atoms with Gasteiger partial charge in [0.15, 0.2) is 0 Å². The van der Waals surface area contributed by atoms with Crippen molar-refractivity contribution in [1.82, 2.24) is 0 Å². The molecule has 0 unspecified atom stereocenters. The molecule has 0 bridgehead atoms. The van der Waals surface area contributed by atoms with Crippen LogP contribution in [-0.4, -0.2) is 10.8 Å². The fourth-order valence-corrected chi connectivity index (χ4v) is 3.35. The molecule has 128 valence electrons. The van der Waals surface area contributed by atoms with Crippen molar-refractivity contribution in [1.29, 1.82) is 0 Å². The Kier molecular flexibility index (Phi) is 3.97. The number of benzene rings is 3. The first-order valence-electron chi connectivity index (χ1n) is 8.40. The Morgan fingerprint density at radius 3 is 1.81 bits per heavy atom. The van der Waals surface area contributed by atoms with Crippen LogP contribution in [0, 0.1) is 10.1 Å². The van der Waals surface area contributed by atoms with Gasteiger partial charge in [-0.25, -0.2) is 0 Å². The minimum atomic E-state index is -0.467. The Morgan fingerprint density at radius 2 is 1.31 bits per heavy atom. The molecule has 0 spiro atoms. The molecule has 0 saturated carbocycles. The highest BCUT2D eigenvalue weighted by Crippen LogP contribution is 2.37. The quantitative estimate of drug-likeness (QED) is 0.501. The van der Waals surface area contributed by atoms with Gasteiger partial charge in [-0.1, -0.05) is 36.4 Å². The molecule has 0 atom stereocenters. The van der Waals surface area contributed by atoms with Crippen LogP contribution in [0.5, 0.6) is 0 Å². The monoisotopic (exact) mass is 344 g/mol. The van der Waals surface area contributed by atoms with Gasteiger partial charge in [-0.15, -0.1) is 0 Å². The lowest BCUT2D eigenvalue weighted by atomic mass is 10.0. The van der Waals surface area contributed by atoms with Crippen LogP contribution < -0.4 is 4.90 Å². The number of hydrogen-bond acceptors (Lipinski definition) is 3. The van der Waals surface area contributed by atoms with Gasteiger partial charge in [-0.05, 0) is 48.2 Å². The standard InChI is InChI=1S/C21H16N2O3/c24-21(17-11-13-18(14-12-17)23(25)26)22-19-7-3-1-5-15(19)9-10-16-6-2-4-8-20(16)22/h1-8,11-14H,9-10H2. The molecule has 0 aromatic heterocycles. The number of nitro groups is 1. The minimum Gasteiger partial charge on any atom is -0.276 e. The number of nitrogens with zero attached hydrogens (tertiary/aromatic N) is 2. The first-order valence-corrected chi connectivity index (χ1v) is 8.40. The first kappa shape index (κ1) is 16.0. The molecule has 0 fully saturated rings. The van der Waals surface area contributed by atoms with Gasteiger partial charge < -0.3 is 0 Å². The number of amides is 1. The van der Waals surface area contributed by atoms with E-state index >= 15 is 0 Å². The van der Waals surface area contributed by atoms with Crippen LogP contribution >= 0.6 is 0 Å². The van der Waals surface area contributed by atoms with Crippen LogP contribution in [0.4, 0.5) is 17.1 Å². The van der Waals surface area contributed by atoms with Gasteiger partial charge in [0.1, 0.15) is 0 Å². The molecule has 0 N–H and O–H groups in total. The smallest absolute Gasteiger partial charge is 0.269 e. The van der Waals surface area contributed by atoms with Crippen molar-refractivity contribution >= 4 is 23.0 Å². The zero-order valence-corrected chi connectivity index (χ0v) is 14.0. The van der Waals surface area contributed by atoms with Crippen molar-refractivity contribution in [2.45, 2.75) is 12.8 Å². The fraction of sp³-hybridized carbons (Fsp3) is 0.0952. The van der Waals surface area contributed by atoms with E-state index in [0.717, 1.165) is 35.3 Å². The second kappa shape index (κ2) is 6.44. The number of hydrogen-bond donors (Lipinski definition) is 0. The van der Waals surface area contributed by atoms with Crippen LogP contribution in [-0.2, 0) is 12.8 Å². The number of rotatable bonds is 2. The molecule has 5 nitrogen and oxygen atoms in total. The third-order valence-electron chi connectivity index (χ3n) is 4.66. The normalized spacial score (nSPS) is 12.7. The number of anilines is 2. The Morgan fingerprint density at radius 1 is 0.808 bits per heavy atom. The Labute approximate surface area is 150 Å². The van der Waals surface area contributed by atoms with E-state index in [-0.39, 0.29) is 11.6 Å². The summed E-state index contributed by atoms with van der Waals surface area (Å²) < 4.78 is 0. The van der Waals surface area contributed by atoms with Crippen LogP contribution in [0.1, 0.15) is 21.5 Å². The first-order chi connectivity index (χ1) is 12.6. The van der Waals surface area contributed by atoms with Crippen LogP contribution in [0.3, 0.4) is 0 Å². The summed E-state index contributed by atoms with van der Waals surface area (Å²) in [6.45, 7) is 0. The molecule has 4 rings (SSSR count). The van der Waals surface area contributed by atoms with Gasteiger partial charge in [0.25, 0.3) is 11.6 Å². The summed E-state index contributed by atoms with van der Waals surface area (Å²) in [6.07, 6.45) is 1.72. The second-order valence-corrected chi connectivity index (χ2v) is 6.20. The molecular weight excluding hydrogens is 328 g/mol. The van der Waals surface area contributed by atoms with E-state index < -0.39 is 4.92 Å². The number of nitro benzene ring substituents is 1. The van der Waals surface area contributed by atoms with Gasteiger partial charge in [0.05, 0.1) is 16.3 Å². The molecule has 0 aliphatic carbocycles. The molecule has 1 aliphatic rings. The van der Waals surface area contributed by atoms with Gasteiger partial charge in [0, 0.05) is 17.7 Å². The van der Waals surface area contributed by atoms with E-state index in [2.05, 4.69) is 0 Å². The minimum absolute atomic E-state index is 0.0294. The summed E-state index contributed by atoms with van der Waals surface area (Å²) in [5.74, 6) is -0.193. The SMILES string of the molecule is O=C(c1ccc([N+](=O)[O-])cc1)N1c2ccccc2CCc2ccccc21. The number of para-hydroxylation sites is 2. The number of carbonyl (C=O) groups excluding carboxylic acids is 1. The fourth-order valence-electron chi connectivity index (χ4n) is 3.35. The number of fused-ring (bicyclic) bond motifs is 2. The molecule has 26 heavy (non-hydrogen) atoms. The predicted octanol–water partition coefficient (Wildman–Crippen LogP) is 4.67. The lowest BCUT2D eigenvalue weighted by Crippen LogP contribution is -2.26. The highest BCUT2D eigenvalue weighted by Gasteiger charge is 2.26. The maximum absolute atomic E-state index is 13.3. The van der Waals surface area contributed by atoms with Crippen LogP contribution in [0.25, 0.3) is 0 Å². The van der Waals surface area contributed by atoms with E-state index in [9.17, 15) is 14.9 Å². The molecule has 0 saturated heterocycles. The van der Waals surface area contributed by atoms with Crippen molar-refractivity contribution in [3.8, 4) is 0 Å². The van der Waals surface area contributed by atoms with Crippen molar-refractivity contribution in [2.75, 3.05) is 4.90 Å². The lowest BCUT2D eigenvalue weighted by Gasteiger charge is -2.25. The average molecular weight is 344 g/mol. The highest BCUT2D eigenvalue weighted by molar-refractivity contribution is 6.12. The van der Waals surface area contributed by atoms with Crippen molar-refractivity contribution in [2.24, 2.45) is 0 Å². The summed E-state index contributed by atoms with van der Waals surface area (Å²) >= 11 is 0. The molecule has 0 radical (unpaired) electrons. The van der Waals surface area contributed by atoms with Gasteiger partial charge in [0.2, 0.25) is 0 Å². The van der Waals surface area contributed by atoms with Crippen molar-refractivity contribution < 1.29 is 9.72 Å². The summed E-state index contributed by atoms with van der Waals surface area (Å²) in [4.78, 5) is 25.4. The van der Waals surface area contributed by atoms with E-state index in [4.69, 9.17) is 0 Å². The Hall–Kier alpha value is -3.47. The van der Waals surface area contributed by atoms with Gasteiger partial charge in [-0.2, -0.15) is 0 Å². The third-order valence-corrected chi connectivity index (χ3v) is 4.66. The molecule has 3 aromatic carbocycles. The summed E-state index contributed by atoms with van der Waals surface area (Å²) in [6, 6.07) is 21.5. The van der Waals surface area contributed by atoms with Crippen molar-refractivity contribution in [3.05, 3.63) is 99.6 Å². The molecule has 1 amide bonds. The molecule has 5 heteroatoms. The molecule has 1 aliphatic heterocycles. The van der Waals surface area contributed by atoms with Crippen molar-refractivity contribution in [3.63, 3.8) is 0 Å². The van der Waals surface area contributed by atoms with E-state index in [1.165, 1.54) is 24.3 Å². The maximum Gasteiger partial charge on any atom is 0.269 e. The molecule has 3 aromatic rings. The van der Waals surface area contributed by atoms with E-state index in [0.29, 0.717) is 5.56 Å². The van der Waals surface area contributed by atoms with E-state index in [1.54, 1.807) is 4.90 Å². The van der Waals surface area contributed by atoms with E-state index in [1.807, 2.05) is 48.5 Å². The lowest BCUT2D eigenvalue weighted by molar-refractivity contribution is -0.384. The maximum atomic E-state index is 13.3. The molecular formula is C21H16N2O3. The summed E-state index contributed by atoms with van der Waals surface area (Å²) in [5, 5.41) is 10.9. The van der Waals surface area contributed by atoms with Gasteiger partial charge in [-0.3, -0.25) is 19.8 Å². The average Bonchev–Trinajstić information content (AvgIpc) is 2.84. The summed E-state index contributed by atoms with van der Waals surface area (Å²) in [7, 11) is 0. The number of aryl methyl sites for hydroxylation is 2. The van der Waals surface area contributed by atoms with Gasteiger partial charge >= 0.3 is 0 Å². The number of carbonyl (C=O) groups is 1. The zero-order chi connectivity index (χ0) is 18.1. The zero-order valence-electron chi connectivity index (χ0n) is 14.0.